The average Bonchev–Trinajstić information content (AvgIpc) is 3.42. The van der Waals surface area contributed by atoms with Gasteiger partial charge in [0.1, 0.15) is 19.8 Å². The molecule has 470 valence electrons. The summed E-state index contributed by atoms with van der Waals surface area (Å²) in [6, 6.07) is 0. The van der Waals surface area contributed by atoms with E-state index in [9.17, 15) is 19.0 Å². The number of phosphoric acid groups is 1. The summed E-state index contributed by atoms with van der Waals surface area (Å²) in [5, 5.41) is 0. The van der Waals surface area contributed by atoms with E-state index >= 15 is 0 Å². The van der Waals surface area contributed by atoms with Crippen molar-refractivity contribution >= 4 is 19.8 Å². The fourth-order valence-corrected chi connectivity index (χ4v) is 10.9. The molecule has 0 fully saturated rings. The molecule has 0 aliphatic carbocycles. The molecule has 0 saturated carbocycles. The molecule has 80 heavy (non-hydrogen) atoms. The predicted molar refractivity (Wildman–Crippen MR) is 344 cm³/mol. The molecule has 0 heterocycles. The highest BCUT2D eigenvalue weighted by Crippen LogP contribution is 2.43. The third-order valence-corrected chi connectivity index (χ3v) is 16.4. The Bertz CT molecular complexity index is 1490. The lowest BCUT2D eigenvalue weighted by Gasteiger charge is -2.24. The highest BCUT2D eigenvalue weighted by atomic mass is 31.2. The van der Waals surface area contributed by atoms with Crippen LogP contribution in [0.2, 0.25) is 0 Å². The van der Waals surface area contributed by atoms with Crippen molar-refractivity contribution in [1.29, 1.82) is 0 Å². The molecule has 0 bridgehead atoms. The molecular formula is C70H133NO8P+. The number of hydrogen-bond donors (Lipinski definition) is 1. The van der Waals surface area contributed by atoms with E-state index in [1.54, 1.807) is 0 Å². The summed E-state index contributed by atoms with van der Waals surface area (Å²) >= 11 is 0. The van der Waals surface area contributed by atoms with Gasteiger partial charge in [-0.1, -0.05) is 319 Å². The first-order valence-corrected chi connectivity index (χ1v) is 35.9. The molecule has 2 unspecified atom stereocenters. The van der Waals surface area contributed by atoms with E-state index in [4.69, 9.17) is 18.5 Å². The van der Waals surface area contributed by atoms with Gasteiger partial charge in [0.15, 0.2) is 6.10 Å². The highest BCUT2D eigenvalue weighted by Gasteiger charge is 2.27. The van der Waals surface area contributed by atoms with Crippen molar-refractivity contribution in [3.05, 3.63) is 48.6 Å². The Morgan fingerprint density at radius 1 is 0.400 bits per heavy atom. The second kappa shape index (κ2) is 61.5. The van der Waals surface area contributed by atoms with E-state index in [0.29, 0.717) is 23.9 Å². The maximum absolute atomic E-state index is 12.9. The van der Waals surface area contributed by atoms with Gasteiger partial charge in [-0.2, -0.15) is 0 Å². The maximum atomic E-state index is 12.9. The van der Waals surface area contributed by atoms with Gasteiger partial charge in [0.2, 0.25) is 0 Å². The molecule has 9 nitrogen and oxygen atoms in total. The molecule has 0 aliphatic heterocycles. The van der Waals surface area contributed by atoms with Crippen molar-refractivity contribution in [1.82, 2.24) is 0 Å². The summed E-state index contributed by atoms with van der Waals surface area (Å²) in [6.45, 7) is 4.39. The lowest BCUT2D eigenvalue weighted by molar-refractivity contribution is -0.870. The molecule has 0 aliphatic rings. The van der Waals surface area contributed by atoms with Crippen molar-refractivity contribution in [3.63, 3.8) is 0 Å². The van der Waals surface area contributed by atoms with E-state index in [1.807, 2.05) is 21.1 Å². The highest BCUT2D eigenvalue weighted by molar-refractivity contribution is 7.47. The van der Waals surface area contributed by atoms with Gasteiger partial charge >= 0.3 is 19.8 Å². The fraction of sp³-hybridized carbons (Fsp3) is 0.857. The number of phosphoric ester groups is 1. The van der Waals surface area contributed by atoms with Gasteiger partial charge in [0.25, 0.3) is 0 Å². The van der Waals surface area contributed by atoms with E-state index < -0.39 is 26.5 Å². The number of likely N-dealkylation sites (N-methyl/N-ethyl adjacent to an activating group) is 1. The van der Waals surface area contributed by atoms with E-state index in [-0.39, 0.29) is 25.6 Å². The molecular weight excluding hydrogens is 1010 g/mol. The standard InChI is InChI=1S/C70H132NO8P/c1-6-8-10-12-14-16-18-20-22-24-26-28-30-32-33-34-35-36-37-39-41-43-45-47-49-51-53-55-57-59-61-63-70(73)79-68(67-78-80(74,75)77-65-64-71(3,4)5)66-76-69(72)62-60-58-56-54-52-50-48-46-44-42-40-38-31-29-27-25-23-21-19-17-15-13-11-9-7-2/h8,10,14,16,20,22,26,28,68H,6-7,9,11-13,15,17-19,21,23-25,27,29-67H2,1-5H3/p+1/b10-8-,16-14-,22-20-,28-26-. The van der Waals surface area contributed by atoms with Crippen LogP contribution in [0.4, 0.5) is 0 Å². The lowest BCUT2D eigenvalue weighted by atomic mass is 10.0. The van der Waals surface area contributed by atoms with Crippen LogP contribution in [-0.4, -0.2) is 74.9 Å². The van der Waals surface area contributed by atoms with E-state index in [2.05, 4.69) is 62.5 Å². The van der Waals surface area contributed by atoms with Gasteiger partial charge in [-0.25, -0.2) is 4.57 Å². The average molecular weight is 1150 g/mol. The number of rotatable bonds is 64. The summed E-state index contributed by atoms with van der Waals surface area (Å²) < 4.78 is 34.7. The minimum Gasteiger partial charge on any atom is -0.462 e. The van der Waals surface area contributed by atoms with Crippen LogP contribution >= 0.6 is 7.82 Å². The minimum absolute atomic E-state index is 0.0342. The molecule has 0 aromatic rings. The van der Waals surface area contributed by atoms with Gasteiger partial charge < -0.3 is 18.9 Å². The Hall–Kier alpha value is -2.03. The first kappa shape index (κ1) is 78.0. The van der Waals surface area contributed by atoms with Gasteiger partial charge in [0.05, 0.1) is 27.7 Å². The fourth-order valence-electron chi connectivity index (χ4n) is 10.1. The SMILES string of the molecule is CC/C=C\C/C=C\C/C=C\C/C=C\CCCCCCCCCCCCCCCCCCCCC(=O)OC(COC(=O)CCCCCCCCCCCCCCCCCCCCCCCCCCC)COP(=O)(O)OCC[N+](C)(C)C. The van der Waals surface area contributed by atoms with Gasteiger partial charge in [-0.3, -0.25) is 18.6 Å². The third kappa shape index (κ3) is 65.1. The van der Waals surface area contributed by atoms with Crippen molar-refractivity contribution in [2.75, 3.05) is 47.5 Å². The molecule has 0 aromatic heterocycles. The summed E-state index contributed by atoms with van der Waals surface area (Å²) in [6.07, 6.45) is 79.3. The number of hydrogen-bond acceptors (Lipinski definition) is 7. The van der Waals surface area contributed by atoms with E-state index in [0.717, 1.165) is 57.8 Å². The quantitative estimate of drug-likeness (QED) is 0.0211. The van der Waals surface area contributed by atoms with Crippen LogP contribution in [-0.2, 0) is 32.7 Å². The zero-order valence-electron chi connectivity index (χ0n) is 53.6. The minimum atomic E-state index is -4.39. The van der Waals surface area contributed by atoms with Crippen LogP contribution in [0.3, 0.4) is 0 Å². The smallest absolute Gasteiger partial charge is 0.462 e. The zero-order valence-corrected chi connectivity index (χ0v) is 54.5. The maximum Gasteiger partial charge on any atom is 0.472 e. The van der Waals surface area contributed by atoms with Crippen LogP contribution in [0.25, 0.3) is 0 Å². The van der Waals surface area contributed by atoms with Crippen LogP contribution in [0.5, 0.6) is 0 Å². The molecule has 0 spiro atoms. The number of carbonyl (C=O) groups is 2. The van der Waals surface area contributed by atoms with Gasteiger partial charge in [0, 0.05) is 12.8 Å². The van der Waals surface area contributed by atoms with Gasteiger partial charge in [-0.15, -0.1) is 0 Å². The molecule has 1 N–H and O–H groups in total. The number of esters is 2. The third-order valence-electron chi connectivity index (χ3n) is 15.4. The molecule has 0 aromatic carbocycles. The van der Waals surface area contributed by atoms with Crippen molar-refractivity contribution in [2.45, 2.75) is 341 Å². The Balaban J connectivity index is 4.01. The molecule has 0 rings (SSSR count). The van der Waals surface area contributed by atoms with Gasteiger partial charge in [-0.05, 0) is 51.4 Å². The largest absolute Gasteiger partial charge is 0.472 e. The van der Waals surface area contributed by atoms with Crippen molar-refractivity contribution in [2.24, 2.45) is 0 Å². The Morgan fingerprint density at radius 3 is 1.06 bits per heavy atom. The molecule has 10 heteroatoms. The molecule has 2 atom stereocenters. The Kier molecular flexibility index (Phi) is 60.0. The number of ether oxygens (including phenoxy) is 2. The first-order valence-electron chi connectivity index (χ1n) is 34.4. The number of carbonyl (C=O) groups excluding carboxylic acids is 2. The Morgan fingerprint density at radius 2 is 0.713 bits per heavy atom. The summed E-state index contributed by atoms with van der Waals surface area (Å²) in [4.78, 5) is 35.9. The predicted octanol–water partition coefficient (Wildman–Crippen LogP) is 22.1. The molecule has 0 saturated heterocycles. The second-order valence-corrected chi connectivity index (χ2v) is 26.0. The molecule has 0 amide bonds. The lowest BCUT2D eigenvalue weighted by Crippen LogP contribution is -2.37. The first-order chi connectivity index (χ1) is 39.0. The Labute approximate surface area is 496 Å². The van der Waals surface area contributed by atoms with Crippen molar-refractivity contribution in [3.8, 4) is 0 Å². The van der Waals surface area contributed by atoms with Crippen LogP contribution in [0, 0.1) is 0 Å². The van der Waals surface area contributed by atoms with Crippen LogP contribution < -0.4 is 0 Å². The number of nitrogens with zero attached hydrogens (tertiary/aromatic N) is 1. The summed E-state index contributed by atoms with van der Waals surface area (Å²) in [5.74, 6) is -0.777. The topological polar surface area (TPSA) is 108 Å². The monoisotopic (exact) mass is 1150 g/mol. The molecule has 0 radical (unpaired) electrons. The van der Waals surface area contributed by atoms with Crippen LogP contribution in [0.1, 0.15) is 335 Å². The van der Waals surface area contributed by atoms with E-state index in [1.165, 1.54) is 244 Å². The number of allylic oxidation sites excluding steroid dienone is 8. The zero-order chi connectivity index (χ0) is 58.4. The summed E-state index contributed by atoms with van der Waals surface area (Å²) in [5.41, 5.74) is 0. The normalized spacial score (nSPS) is 13.4. The number of quaternary nitrogens is 1. The van der Waals surface area contributed by atoms with Crippen molar-refractivity contribution < 1.29 is 42.1 Å². The number of unbranched alkanes of at least 4 members (excludes halogenated alkanes) is 42. The summed E-state index contributed by atoms with van der Waals surface area (Å²) in [7, 11) is 1.49. The second-order valence-electron chi connectivity index (χ2n) is 24.5. The van der Waals surface area contributed by atoms with Crippen LogP contribution in [0.15, 0.2) is 48.6 Å².